The zero-order valence-electron chi connectivity index (χ0n) is 17.2. The Kier molecular flexibility index (Phi) is 4.92. The highest BCUT2D eigenvalue weighted by Crippen LogP contribution is 2.56. The molecule has 1 saturated carbocycles. The van der Waals surface area contributed by atoms with Crippen LogP contribution in [0.1, 0.15) is 18.9 Å². The molecule has 31 heavy (non-hydrogen) atoms. The molecule has 164 valence electrons. The number of ether oxygens (including phenoxy) is 1. The van der Waals surface area contributed by atoms with E-state index in [9.17, 15) is 22.8 Å². The molecule has 2 aromatic rings. The first-order chi connectivity index (χ1) is 14.5. The van der Waals surface area contributed by atoms with Crippen LogP contribution in [-0.4, -0.2) is 47.8 Å². The number of imide groups is 1. The first-order valence-corrected chi connectivity index (χ1v) is 9.67. The van der Waals surface area contributed by atoms with Gasteiger partial charge in [0.15, 0.2) is 0 Å². The Morgan fingerprint density at radius 1 is 1.19 bits per heavy atom. The molecular formula is C21H21F3N4O3. The number of rotatable bonds is 5. The molecule has 2 heterocycles. The molecule has 1 aliphatic heterocycles. The fourth-order valence-electron chi connectivity index (χ4n) is 4.11. The summed E-state index contributed by atoms with van der Waals surface area (Å²) in [5.74, 6) is -0.867. The van der Waals surface area contributed by atoms with Crippen LogP contribution >= 0.6 is 0 Å². The Morgan fingerprint density at radius 3 is 2.39 bits per heavy atom. The summed E-state index contributed by atoms with van der Waals surface area (Å²) in [6.45, 7) is 2.42. The summed E-state index contributed by atoms with van der Waals surface area (Å²) >= 11 is 0. The molecular weight excluding hydrogens is 413 g/mol. The molecule has 3 amide bonds. The summed E-state index contributed by atoms with van der Waals surface area (Å²) < 4.78 is 41.2. The number of hydrogen-bond acceptors (Lipinski definition) is 5. The van der Waals surface area contributed by atoms with E-state index in [2.05, 4.69) is 9.72 Å². The minimum atomic E-state index is -4.82. The molecule has 0 bridgehead atoms. The van der Waals surface area contributed by atoms with Gasteiger partial charge < -0.3 is 9.64 Å². The van der Waals surface area contributed by atoms with Crippen LogP contribution in [0.2, 0.25) is 0 Å². The summed E-state index contributed by atoms with van der Waals surface area (Å²) in [5.41, 5.74) is 0.586. The predicted molar refractivity (Wildman–Crippen MR) is 107 cm³/mol. The molecule has 4 rings (SSSR count). The highest BCUT2D eigenvalue weighted by Gasteiger charge is 2.70. The lowest BCUT2D eigenvalue weighted by atomic mass is 10.1. The van der Waals surface area contributed by atoms with Gasteiger partial charge in [0, 0.05) is 24.5 Å². The van der Waals surface area contributed by atoms with E-state index in [1.807, 2.05) is 25.9 Å². The first kappa shape index (κ1) is 21.1. The summed E-state index contributed by atoms with van der Waals surface area (Å²) in [6, 6.07) is 5.88. The summed E-state index contributed by atoms with van der Waals surface area (Å²) in [4.78, 5) is 35.4. The van der Waals surface area contributed by atoms with Crippen molar-refractivity contribution < 1.29 is 27.5 Å². The third kappa shape index (κ3) is 3.60. The van der Waals surface area contributed by atoms with E-state index < -0.39 is 23.7 Å². The summed E-state index contributed by atoms with van der Waals surface area (Å²) in [7, 11) is 3.78. The molecule has 2 unspecified atom stereocenters. The van der Waals surface area contributed by atoms with Crippen molar-refractivity contribution in [2.45, 2.75) is 31.8 Å². The van der Waals surface area contributed by atoms with E-state index in [0.29, 0.717) is 18.7 Å². The normalized spacial score (nSPS) is 23.3. The number of nitrogens with zero attached hydrogens (tertiary/aromatic N) is 4. The number of halogens is 3. The van der Waals surface area contributed by atoms with Crippen molar-refractivity contribution in [2.75, 3.05) is 23.9 Å². The van der Waals surface area contributed by atoms with Crippen molar-refractivity contribution in [3.63, 3.8) is 0 Å². The van der Waals surface area contributed by atoms with Gasteiger partial charge in [0.2, 0.25) is 0 Å². The van der Waals surface area contributed by atoms with Crippen molar-refractivity contribution >= 4 is 23.3 Å². The van der Waals surface area contributed by atoms with E-state index in [0.717, 1.165) is 22.6 Å². The molecule has 0 radical (unpaired) electrons. The predicted octanol–water partition coefficient (Wildman–Crippen LogP) is 3.79. The first-order valence-electron chi connectivity index (χ1n) is 9.67. The third-order valence-electron chi connectivity index (χ3n) is 5.56. The maximum atomic E-state index is 13.5. The van der Waals surface area contributed by atoms with Crippen molar-refractivity contribution in [3.05, 3.63) is 48.3 Å². The number of urea groups is 1. The zero-order valence-corrected chi connectivity index (χ0v) is 17.2. The van der Waals surface area contributed by atoms with Gasteiger partial charge in [0.1, 0.15) is 11.3 Å². The van der Waals surface area contributed by atoms with E-state index in [1.54, 1.807) is 18.5 Å². The largest absolute Gasteiger partial charge is 0.573 e. The standard InChI is InChI=1S/C21H21F3N4O3/c1-13-10-20(13)18(29)27(15-4-6-16(7-5-15)31-21(22,23)24)19(30)28(20)17-8-9-25-11-14(17)12-26(2)3/h4-9,11,13H,10,12H2,1-3H3. The van der Waals surface area contributed by atoms with Gasteiger partial charge in [0.25, 0.3) is 5.91 Å². The lowest BCUT2D eigenvalue weighted by molar-refractivity contribution is -0.274. The van der Waals surface area contributed by atoms with Gasteiger partial charge in [-0.3, -0.25) is 14.7 Å². The second-order valence-corrected chi connectivity index (χ2v) is 8.07. The molecule has 1 aromatic heterocycles. The minimum Gasteiger partial charge on any atom is -0.406 e. The fourth-order valence-corrected chi connectivity index (χ4v) is 4.11. The molecule has 2 fully saturated rings. The van der Waals surface area contributed by atoms with Gasteiger partial charge in [-0.25, -0.2) is 9.69 Å². The zero-order chi connectivity index (χ0) is 22.6. The third-order valence-corrected chi connectivity index (χ3v) is 5.56. The highest BCUT2D eigenvalue weighted by atomic mass is 19.4. The summed E-state index contributed by atoms with van der Waals surface area (Å²) in [6.07, 6.45) is -1.08. The molecule has 10 heteroatoms. The Balaban J connectivity index is 1.71. The second kappa shape index (κ2) is 7.23. The molecule has 2 aliphatic rings. The molecule has 7 nitrogen and oxygen atoms in total. The number of aromatic nitrogens is 1. The topological polar surface area (TPSA) is 66.0 Å². The lowest BCUT2D eigenvalue weighted by Crippen LogP contribution is -2.39. The van der Waals surface area contributed by atoms with Crippen LogP contribution in [0.4, 0.5) is 29.3 Å². The van der Waals surface area contributed by atoms with Gasteiger partial charge in [0.05, 0.1) is 11.4 Å². The Bertz CT molecular complexity index is 1030. The van der Waals surface area contributed by atoms with Crippen LogP contribution in [0.5, 0.6) is 5.75 Å². The number of amides is 3. The number of anilines is 2. The number of alkyl halides is 3. The monoisotopic (exact) mass is 434 g/mol. The number of carbonyl (C=O) groups is 2. The van der Waals surface area contributed by atoms with Crippen molar-refractivity contribution in [1.82, 2.24) is 9.88 Å². The molecule has 1 aliphatic carbocycles. The van der Waals surface area contributed by atoms with Crippen molar-refractivity contribution in [1.29, 1.82) is 0 Å². The molecule has 1 aromatic carbocycles. The van der Waals surface area contributed by atoms with Gasteiger partial charge in [-0.05, 0) is 56.8 Å². The van der Waals surface area contributed by atoms with E-state index in [-0.39, 0.29) is 17.5 Å². The van der Waals surface area contributed by atoms with E-state index in [4.69, 9.17) is 0 Å². The van der Waals surface area contributed by atoms with Gasteiger partial charge in [-0.15, -0.1) is 13.2 Å². The van der Waals surface area contributed by atoms with Crippen LogP contribution in [0, 0.1) is 5.92 Å². The van der Waals surface area contributed by atoms with E-state index >= 15 is 0 Å². The minimum absolute atomic E-state index is 0.0536. The van der Waals surface area contributed by atoms with Gasteiger partial charge in [-0.1, -0.05) is 6.92 Å². The number of carbonyl (C=O) groups excluding carboxylic acids is 2. The number of benzene rings is 1. The van der Waals surface area contributed by atoms with Crippen LogP contribution in [-0.2, 0) is 11.3 Å². The SMILES string of the molecule is CC1CC12C(=O)N(c1ccc(OC(F)(F)F)cc1)C(=O)N2c1ccncc1CN(C)C. The van der Waals surface area contributed by atoms with Crippen LogP contribution in [0.15, 0.2) is 42.7 Å². The van der Waals surface area contributed by atoms with Gasteiger partial charge in [-0.2, -0.15) is 0 Å². The average molecular weight is 434 g/mol. The van der Waals surface area contributed by atoms with E-state index in [1.165, 1.54) is 17.0 Å². The Labute approximate surface area is 177 Å². The Morgan fingerprint density at radius 2 is 1.84 bits per heavy atom. The maximum absolute atomic E-state index is 13.5. The van der Waals surface area contributed by atoms with Crippen LogP contribution in [0.25, 0.3) is 0 Å². The summed E-state index contributed by atoms with van der Waals surface area (Å²) in [5, 5.41) is 0. The van der Waals surface area contributed by atoms with Crippen molar-refractivity contribution in [2.24, 2.45) is 5.92 Å². The highest BCUT2D eigenvalue weighted by molar-refractivity contribution is 6.32. The lowest BCUT2D eigenvalue weighted by Gasteiger charge is -2.25. The van der Waals surface area contributed by atoms with Crippen molar-refractivity contribution in [3.8, 4) is 5.75 Å². The van der Waals surface area contributed by atoms with Crippen LogP contribution < -0.4 is 14.5 Å². The number of hydrogen-bond donors (Lipinski definition) is 0. The fraction of sp³-hybridized carbons (Fsp3) is 0.381. The van der Waals surface area contributed by atoms with Crippen LogP contribution in [0.3, 0.4) is 0 Å². The smallest absolute Gasteiger partial charge is 0.406 e. The maximum Gasteiger partial charge on any atom is 0.573 e. The quantitative estimate of drug-likeness (QED) is 0.670. The molecule has 1 saturated heterocycles. The molecule has 0 N–H and O–H groups in total. The number of pyridine rings is 1. The molecule has 1 spiro atoms. The second-order valence-electron chi connectivity index (χ2n) is 8.07. The Hall–Kier alpha value is -3.14. The molecule has 2 atom stereocenters. The van der Waals surface area contributed by atoms with Gasteiger partial charge >= 0.3 is 12.4 Å². The average Bonchev–Trinajstić information content (AvgIpc) is 3.29.